The molecule has 0 aromatic heterocycles. The van der Waals surface area contributed by atoms with Crippen molar-refractivity contribution in [2.24, 2.45) is 0 Å². The monoisotopic (exact) mass is 290 g/mol. The summed E-state index contributed by atoms with van der Waals surface area (Å²) in [6.45, 7) is 2.74. The fraction of sp³-hybridized carbons (Fsp3) is 0.929. The lowest BCUT2D eigenvalue weighted by atomic mass is 10.0. The second-order valence-corrected chi connectivity index (χ2v) is 5.47. The first-order valence-corrected chi connectivity index (χ1v) is 7.37. The molecule has 0 aromatic carbocycles. The van der Waals surface area contributed by atoms with E-state index in [1.807, 2.05) is 7.05 Å². The second kappa shape index (κ2) is 8.77. The molecule has 1 N–H and O–H groups in total. The van der Waals surface area contributed by atoms with Gasteiger partial charge in [-0.25, -0.2) is 0 Å². The van der Waals surface area contributed by atoms with Crippen molar-refractivity contribution in [1.82, 2.24) is 10.2 Å². The molecule has 0 radical (unpaired) electrons. The van der Waals surface area contributed by atoms with E-state index in [9.17, 15) is 4.79 Å². The van der Waals surface area contributed by atoms with Crippen molar-refractivity contribution < 1.29 is 9.53 Å². The predicted molar refractivity (Wildman–Crippen MR) is 78.7 cm³/mol. The van der Waals surface area contributed by atoms with Crippen molar-refractivity contribution in [3.8, 4) is 0 Å². The molecule has 2 unspecified atom stereocenters. The summed E-state index contributed by atoms with van der Waals surface area (Å²) in [7, 11) is 1.96. The second-order valence-electron chi connectivity index (χ2n) is 5.47. The molecule has 4 nitrogen and oxygen atoms in total. The van der Waals surface area contributed by atoms with Crippen LogP contribution in [0.4, 0.5) is 0 Å². The Hall–Kier alpha value is -0.320. The lowest BCUT2D eigenvalue weighted by Crippen LogP contribution is -2.41. The largest absolute Gasteiger partial charge is 0.378 e. The highest BCUT2D eigenvalue weighted by molar-refractivity contribution is 5.85. The lowest BCUT2D eigenvalue weighted by Gasteiger charge is -2.26. The third-order valence-electron chi connectivity index (χ3n) is 4.09. The SMILES string of the molecule is CNCC1CCCN1C(=O)CCC1CCCCO1.Cl. The topological polar surface area (TPSA) is 41.6 Å². The molecule has 2 fully saturated rings. The van der Waals surface area contributed by atoms with Gasteiger partial charge in [-0.1, -0.05) is 0 Å². The average molecular weight is 291 g/mol. The molecule has 0 saturated carbocycles. The summed E-state index contributed by atoms with van der Waals surface area (Å²) in [5, 5.41) is 3.18. The third-order valence-corrected chi connectivity index (χ3v) is 4.09. The molecule has 2 aliphatic heterocycles. The maximum absolute atomic E-state index is 12.2. The Morgan fingerprint density at radius 3 is 2.84 bits per heavy atom. The summed E-state index contributed by atoms with van der Waals surface area (Å²) < 4.78 is 5.68. The van der Waals surface area contributed by atoms with Gasteiger partial charge in [0.2, 0.25) is 5.91 Å². The zero-order valence-corrected chi connectivity index (χ0v) is 12.7. The Bertz CT molecular complexity index is 270. The number of carbonyl (C=O) groups excluding carboxylic acids is 1. The highest BCUT2D eigenvalue weighted by Gasteiger charge is 2.28. The predicted octanol–water partition coefficient (Wildman–Crippen LogP) is 1.97. The van der Waals surface area contributed by atoms with Crippen molar-refractivity contribution >= 4 is 18.3 Å². The number of hydrogen-bond acceptors (Lipinski definition) is 3. The maximum atomic E-state index is 12.2. The van der Waals surface area contributed by atoms with Gasteiger partial charge in [-0.3, -0.25) is 4.79 Å². The molecule has 0 aromatic rings. The van der Waals surface area contributed by atoms with E-state index in [2.05, 4.69) is 10.2 Å². The van der Waals surface area contributed by atoms with E-state index in [4.69, 9.17) is 4.74 Å². The Labute approximate surface area is 122 Å². The van der Waals surface area contributed by atoms with E-state index in [-0.39, 0.29) is 12.4 Å². The molecule has 19 heavy (non-hydrogen) atoms. The van der Waals surface area contributed by atoms with Crippen LogP contribution in [-0.2, 0) is 9.53 Å². The molecule has 0 aliphatic carbocycles. The van der Waals surface area contributed by atoms with Crippen LogP contribution in [0, 0.1) is 0 Å². The van der Waals surface area contributed by atoms with Crippen molar-refractivity contribution in [3.05, 3.63) is 0 Å². The highest BCUT2D eigenvalue weighted by Crippen LogP contribution is 2.21. The summed E-state index contributed by atoms with van der Waals surface area (Å²) >= 11 is 0. The summed E-state index contributed by atoms with van der Waals surface area (Å²) in [5.41, 5.74) is 0. The van der Waals surface area contributed by atoms with Crippen LogP contribution in [0.3, 0.4) is 0 Å². The van der Waals surface area contributed by atoms with Crippen LogP contribution in [0.25, 0.3) is 0 Å². The molecule has 2 heterocycles. The van der Waals surface area contributed by atoms with Gasteiger partial charge in [0.1, 0.15) is 0 Å². The molecule has 0 spiro atoms. The number of likely N-dealkylation sites (tertiary alicyclic amines) is 1. The summed E-state index contributed by atoms with van der Waals surface area (Å²) in [5.74, 6) is 0.321. The minimum absolute atomic E-state index is 0. The summed E-state index contributed by atoms with van der Waals surface area (Å²) in [4.78, 5) is 14.3. The number of carbonyl (C=O) groups is 1. The van der Waals surface area contributed by atoms with Gasteiger partial charge in [-0.15, -0.1) is 12.4 Å². The number of likely N-dealkylation sites (N-methyl/N-ethyl adjacent to an activating group) is 1. The summed E-state index contributed by atoms with van der Waals surface area (Å²) in [6.07, 6.45) is 7.75. The smallest absolute Gasteiger partial charge is 0.222 e. The Morgan fingerprint density at radius 2 is 2.16 bits per heavy atom. The van der Waals surface area contributed by atoms with Gasteiger partial charge in [-0.2, -0.15) is 0 Å². The van der Waals surface area contributed by atoms with Gasteiger partial charge in [0.15, 0.2) is 0 Å². The van der Waals surface area contributed by atoms with Crippen molar-refractivity contribution in [2.75, 3.05) is 26.7 Å². The number of hydrogen-bond donors (Lipinski definition) is 1. The van der Waals surface area contributed by atoms with Crippen LogP contribution < -0.4 is 5.32 Å². The highest BCUT2D eigenvalue weighted by atomic mass is 35.5. The fourth-order valence-corrected chi connectivity index (χ4v) is 3.08. The van der Waals surface area contributed by atoms with Gasteiger partial charge in [-0.05, 0) is 45.6 Å². The van der Waals surface area contributed by atoms with E-state index in [0.717, 1.165) is 45.4 Å². The fourth-order valence-electron chi connectivity index (χ4n) is 3.08. The van der Waals surface area contributed by atoms with E-state index in [1.54, 1.807) is 0 Å². The van der Waals surface area contributed by atoms with Crippen LogP contribution >= 0.6 is 12.4 Å². The number of amides is 1. The Balaban J connectivity index is 0.00000180. The van der Waals surface area contributed by atoms with Crippen LogP contribution in [-0.4, -0.2) is 49.7 Å². The number of halogens is 1. The summed E-state index contributed by atoms with van der Waals surface area (Å²) in [6, 6.07) is 0.412. The molecule has 5 heteroatoms. The first-order chi connectivity index (χ1) is 8.81. The van der Waals surface area contributed by atoms with E-state index in [0.29, 0.717) is 24.5 Å². The first-order valence-electron chi connectivity index (χ1n) is 7.37. The van der Waals surface area contributed by atoms with Crippen LogP contribution in [0.5, 0.6) is 0 Å². The molecule has 2 rings (SSSR count). The molecule has 112 valence electrons. The minimum Gasteiger partial charge on any atom is -0.378 e. The average Bonchev–Trinajstić information content (AvgIpc) is 2.86. The normalized spacial score (nSPS) is 27.1. The zero-order valence-electron chi connectivity index (χ0n) is 11.9. The van der Waals surface area contributed by atoms with Gasteiger partial charge >= 0.3 is 0 Å². The van der Waals surface area contributed by atoms with Gasteiger partial charge in [0.25, 0.3) is 0 Å². The molecule has 2 saturated heterocycles. The molecule has 2 atom stereocenters. The molecule has 1 amide bonds. The van der Waals surface area contributed by atoms with Crippen LogP contribution in [0.2, 0.25) is 0 Å². The van der Waals surface area contributed by atoms with E-state index >= 15 is 0 Å². The quantitative estimate of drug-likeness (QED) is 0.842. The van der Waals surface area contributed by atoms with Crippen LogP contribution in [0.15, 0.2) is 0 Å². The number of ether oxygens (including phenoxy) is 1. The third kappa shape index (κ3) is 4.93. The molecule has 0 bridgehead atoms. The number of nitrogens with zero attached hydrogens (tertiary/aromatic N) is 1. The Kier molecular flexibility index (Phi) is 7.73. The maximum Gasteiger partial charge on any atom is 0.222 e. The van der Waals surface area contributed by atoms with Crippen LogP contribution in [0.1, 0.15) is 44.9 Å². The standard InChI is InChI=1S/C14H26N2O2.ClH/c1-15-11-12-5-4-9-16(12)14(17)8-7-13-6-2-3-10-18-13;/h12-13,15H,2-11H2,1H3;1H. The van der Waals surface area contributed by atoms with Crippen molar-refractivity contribution in [3.63, 3.8) is 0 Å². The molecular formula is C14H27ClN2O2. The van der Waals surface area contributed by atoms with Gasteiger partial charge in [0, 0.05) is 32.2 Å². The number of nitrogens with one attached hydrogen (secondary N) is 1. The van der Waals surface area contributed by atoms with Gasteiger partial charge in [0.05, 0.1) is 6.10 Å². The zero-order chi connectivity index (χ0) is 12.8. The minimum atomic E-state index is 0. The number of rotatable bonds is 5. The van der Waals surface area contributed by atoms with Gasteiger partial charge < -0.3 is 15.0 Å². The Morgan fingerprint density at radius 1 is 1.32 bits per heavy atom. The van der Waals surface area contributed by atoms with Crippen molar-refractivity contribution in [1.29, 1.82) is 0 Å². The van der Waals surface area contributed by atoms with E-state index in [1.165, 1.54) is 12.8 Å². The van der Waals surface area contributed by atoms with E-state index < -0.39 is 0 Å². The molecule has 2 aliphatic rings. The van der Waals surface area contributed by atoms with Crippen molar-refractivity contribution in [2.45, 2.75) is 57.1 Å². The first kappa shape index (κ1) is 16.7. The lowest BCUT2D eigenvalue weighted by molar-refractivity contribution is -0.133. The molecular weight excluding hydrogens is 264 g/mol.